The largest absolute Gasteiger partial charge is 0.489 e. The summed E-state index contributed by atoms with van der Waals surface area (Å²) >= 11 is 9.28. The van der Waals surface area contributed by atoms with Crippen LogP contribution in [0.1, 0.15) is 11.1 Å². The van der Waals surface area contributed by atoms with Crippen molar-refractivity contribution < 1.29 is 9.13 Å². The molecule has 2 aromatic carbocycles. The van der Waals surface area contributed by atoms with E-state index in [-0.39, 0.29) is 12.4 Å². The molecule has 0 heterocycles. The standard InChI is InChI=1S/C14H12BrClFNO/c15-10-4-9(5-11(17)6-10)8-19-14-3-1-2-13(16)12(14)7-18/h1-6H,7-8,18H2. The molecule has 0 aliphatic carbocycles. The highest BCUT2D eigenvalue weighted by molar-refractivity contribution is 9.10. The van der Waals surface area contributed by atoms with Crippen molar-refractivity contribution in [1.82, 2.24) is 0 Å². The Hall–Kier alpha value is -1.10. The van der Waals surface area contributed by atoms with Gasteiger partial charge in [0.25, 0.3) is 0 Å². The first-order chi connectivity index (χ1) is 9.10. The molecule has 0 saturated carbocycles. The maximum absolute atomic E-state index is 13.2. The van der Waals surface area contributed by atoms with E-state index >= 15 is 0 Å². The molecule has 0 aliphatic heterocycles. The Kier molecular flexibility index (Phi) is 4.80. The summed E-state index contributed by atoms with van der Waals surface area (Å²) in [6.07, 6.45) is 0. The van der Waals surface area contributed by atoms with Crippen LogP contribution in [0, 0.1) is 5.82 Å². The second kappa shape index (κ2) is 6.37. The van der Waals surface area contributed by atoms with E-state index in [4.69, 9.17) is 22.1 Å². The SMILES string of the molecule is NCc1c(Cl)cccc1OCc1cc(F)cc(Br)c1. The average Bonchev–Trinajstić information content (AvgIpc) is 2.35. The molecule has 0 atom stereocenters. The summed E-state index contributed by atoms with van der Waals surface area (Å²) in [6, 6.07) is 9.97. The molecule has 0 unspecified atom stereocenters. The van der Waals surface area contributed by atoms with E-state index in [1.165, 1.54) is 12.1 Å². The van der Waals surface area contributed by atoms with E-state index in [1.54, 1.807) is 24.3 Å². The van der Waals surface area contributed by atoms with Crippen LogP contribution in [-0.2, 0) is 13.2 Å². The highest BCUT2D eigenvalue weighted by Crippen LogP contribution is 2.27. The highest BCUT2D eigenvalue weighted by Gasteiger charge is 2.07. The molecule has 2 nitrogen and oxygen atoms in total. The van der Waals surface area contributed by atoms with Gasteiger partial charge in [-0.3, -0.25) is 0 Å². The van der Waals surface area contributed by atoms with Gasteiger partial charge in [-0.1, -0.05) is 33.6 Å². The first-order valence-corrected chi connectivity index (χ1v) is 6.82. The topological polar surface area (TPSA) is 35.2 Å². The molecule has 0 radical (unpaired) electrons. The summed E-state index contributed by atoms with van der Waals surface area (Å²) in [5.74, 6) is 0.313. The Balaban J connectivity index is 2.16. The molecular formula is C14H12BrClFNO. The van der Waals surface area contributed by atoms with Crippen LogP contribution in [0.5, 0.6) is 5.75 Å². The van der Waals surface area contributed by atoms with Crippen molar-refractivity contribution in [2.45, 2.75) is 13.2 Å². The van der Waals surface area contributed by atoms with Crippen LogP contribution >= 0.6 is 27.5 Å². The molecule has 2 rings (SSSR count). The number of nitrogens with two attached hydrogens (primary N) is 1. The van der Waals surface area contributed by atoms with E-state index < -0.39 is 0 Å². The maximum atomic E-state index is 13.2. The summed E-state index contributed by atoms with van der Waals surface area (Å²) in [6.45, 7) is 0.547. The number of ether oxygens (including phenoxy) is 1. The summed E-state index contributed by atoms with van der Waals surface area (Å²) < 4.78 is 19.6. The van der Waals surface area contributed by atoms with Gasteiger partial charge in [-0.25, -0.2) is 4.39 Å². The van der Waals surface area contributed by atoms with Gasteiger partial charge in [0.1, 0.15) is 18.2 Å². The molecular weight excluding hydrogens is 333 g/mol. The summed E-state index contributed by atoms with van der Waals surface area (Å²) in [5.41, 5.74) is 7.12. The first kappa shape index (κ1) is 14.3. The zero-order valence-electron chi connectivity index (χ0n) is 10.00. The van der Waals surface area contributed by atoms with Crippen molar-refractivity contribution in [3.63, 3.8) is 0 Å². The zero-order chi connectivity index (χ0) is 13.8. The van der Waals surface area contributed by atoms with E-state index in [1.807, 2.05) is 0 Å². The molecule has 0 amide bonds. The molecule has 0 aromatic heterocycles. The predicted octanol–water partition coefficient (Wildman–Crippen LogP) is 4.28. The minimum atomic E-state index is -0.307. The number of rotatable bonds is 4. The van der Waals surface area contributed by atoms with E-state index in [9.17, 15) is 4.39 Å². The quantitative estimate of drug-likeness (QED) is 0.898. The fourth-order valence-corrected chi connectivity index (χ4v) is 2.48. The van der Waals surface area contributed by atoms with Crippen LogP contribution in [0.3, 0.4) is 0 Å². The second-order valence-corrected chi connectivity index (χ2v) is 5.31. The van der Waals surface area contributed by atoms with Gasteiger partial charge in [-0.15, -0.1) is 0 Å². The van der Waals surface area contributed by atoms with Gasteiger partial charge < -0.3 is 10.5 Å². The van der Waals surface area contributed by atoms with E-state index in [0.29, 0.717) is 21.8 Å². The van der Waals surface area contributed by atoms with E-state index in [0.717, 1.165) is 11.1 Å². The maximum Gasteiger partial charge on any atom is 0.125 e. The number of hydrogen-bond acceptors (Lipinski definition) is 2. The van der Waals surface area contributed by atoms with Gasteiger partial charge in [0, 0.05) is 21.6 Å². The van der Waals surface area contributed by atoms with Gasteiger partial charge in [-0.2, -0.15) is 0 Å². The van der Waals surface area contributed by atoms with Gasteiger partial charge in [-0.05, 0) is 35.9 Å². The average molecular weight is 345 g/mol. The van der Waals surface area contributed by atoms with Crippen LogP contribution in [-0.4, -0.2) is 0 Å². The normalized spacial score (nSPS) is 10.5. The number of benzene rings is 2. The van der Waals surface area contributed by atoms with Crippen LogP contribution in [0.25, 0.3) is 0 Å². The lowest BCUT2D eigenvalue weighted by atomic mass is 10.2. The third-order valence-corrected chi connectivity index (χ3v) is 3.41. The Morgan fingerprint density at radius 1 is 1.26 bits per heavy atom. The molecule has 5 heteroatoms. The minimum Gasteiger partial charge on any atom is -0.489 e. The summed E-state index contributed by atoms with van der Waals surface area (Å²) in [4.78, 5) is 0. The Morgan fingerprint density at radius 2 is 2.05 bits per heavy atom. The van der Waals surface area contributed by atoms with Crippen molar-refractivity contribution in [1.29, 1.82) is 0 Å². The van der Waals surface area contributed by atoms with Crippen molar-refractivity contribution >= 4 is 27.5 Å². The van der Waals surface area contributed by atoms with Gasteiger partial charge in [0.05, 0.1) is 0 Å². The lowest BCUT2D eigenvalue weighted by Crippen LogP contribution is -2.03. The monoisotopic (exact) mass is 343 g/mol. The third kappa shape index (κ3) is 3.69. The first-order valence-electron chi connectivity index (χ1n) is 5.65. The molecule has 2 aromatic rings. The lowest BCUT2D eigenvalue weighted by molar-refractivity contribution is 0.302. The van der Waals surface area contributed by atoms with Crippen LogP contribution in [0.4, 0.5) is 4.39 Å². The van der Waals surface area contributed by atoms with Gasteiger partial charge in [0.15, 0.2) is 0 Å². The van der Waals surface area contributed by atoms with Crippen molar-refractivity contribution in [2.75, 3.05) is 0 Å². The molecule has 0 aliphatic rings. The van der Waals surface area contributed by atoms with E-state index in [2.05, 4.69) is 15.9 Å². The zero-order valence-corrected chi connectivity index (χ0v) is 12.3. The van der Waals surface area contributed by atoms with Gasteiger partial charge >= 0.3 is 0 Å². The Morgan fingerprint density at radius 3 is 2.74 bits per heavy atom. The smallest absolute Gasteiger partial charge is 0.125 e. The minimum absolute atomic E-state index is 0.254. The second-order valence-electron chi connectivity index (χ2n) is 3.99. The Labute approximate surface area is 124 Å². The van der Waals surface area contributed by atoms with Gasteiger partial charge in [0.2, 0.25) is 0 Å². The summed E-state index contributed by atoms with van der Waals surface area (Å²) in [7, 11) is 0. The van der Waals surface area contributed by atoms with Crippen LogP contribution < -0.4 is 10.5 Å². The fourth-order valence-electron chi connectivity index (χ4n) is 1.73. The molecule has 2 N–H and O–H groups in total. The molecule has 100 valence electrons. The Bertz CT molecular complexity index is 571. The van der Waals surface area contributed by atoms with Crippen molar-refractivity contribution in [2.24, 2.45) is 5.73 Å². The predicted molar refractivity (Wildman–Crippen MR) is 77.8 cm³/mol. The lowest BCUT2D eigenvalue weighted by Gasteiger charge is -2.12. The van der Waals surface area contributed by atoms with Crippen LogP contribution in [0.2, 0.25) is 5.02 Å². The highest BCUT2D eigenvalue weighted by atomic mass is 79.9. The fraction of sp³-hybridized carbons (Fsp3) is 0.143. The van der Waals surface area contributed by atoms with Crippen molar-refractivity contribution in [3.05, 3.63) is 62.8 Å². The number of hydrogen-bond donors (Lipinski definition) is 1. The molecule has 0 fully saturated rings. The molecule has 0 spiro atoms. The summed E-state index contributed by atoms with van der Waals surface area (Å²) in [5, 5.41) is 0.570. The number of halogens is 3. The van der Waals surface area contributed by atoms with Crippen LogP contribution in [0.15, 0.2) is 40.9 Å². The molecule has 0 saturated heterocycles. The van der Waals surface area contributed by atoms with Crippen molar-refractivity contribution in [3.8, 4) is 5.75 Å². The molecule has 19 heavy (non-hydrogen) atoms. The third-order valence-electron chi connectivity index (χ3n) is 2.60. The molecule has 0 bridgehead atoms.